The van der Waals surface area contributed by atoms with E-state index in [4.69, 9.17) is 0 Å². The monoisotopic (exact) mass is 300 g/mol. The van der Waals surface area contributed by atoms with Gasteiger partial charge in [-0.1, -0.05) is 45.4 Å². The van der Waals surface area contributed by atoms with E-state index in [1.165, 1.54) is 62.5 Å². The molecule has 0 aromatic heterocycles. The molecule has 1 aromatic carbocycles. The Balaban J connectivity index is 0.00000176. The molecule has 3 rings (SSSR count). The Hall–Kier alpha value is -0.780. The van der Waals surface area contributed by atoms with Gasteiger partial charge in [0.15, 0.2) is 0 Å². The van der Waals surface area contributed by atoms with Gasteiger partial charge in [-0.2, -0.15) is 0 Å². The molecular formula is C22H36. The van der Waals surface area contributed by atoms with Crippen LogP contribution in [0.1, 0.15) is 88.3 Å². The number of benzene rings is 1. The van der Waals surface area contributed by atoms with Crippen LogP contribution in [0.4, 0.5) is 0 Å². The van der Waals surface area contributed by atoms with Crippen molar-refractivity contribution in [2.24, 2.45) is 17.8 Å². The van der Waals surface area contributed by atoms with Gasteiger partial charge < -0.3 is 0 Å². The van der Waals surface area contributed by atoms with Crippen LogP contribution in [0.25, 0.3) is 0 Å². The lowest BCUT2D eigenvalue weighted by atomic mass is 9.68. The van der Waals surface area contributed by atoms with Crippen molar-refractivity contribution in [3.05, 3.63) is 34.9 Å². The van der Waals surface area contributed by atoms with E-state index in [2.05, 4.69) is 39.0 Å². The molecule has 0 amide bonds. The third kappa shape index (κ3) is 3.94. The van der Waals surface area contributed by atoms with E-state index >= 15 is 0 Å². The molecule has 0 unspecified atom stereocenters. The largest absolute Gasteiger partial charge is 0.0776 e. The lowest BCUT2D eigenvalue weighted by Gasteiger charge is -2.37. The summed E-state index contributed by atoms with van der Waals surface area (Å²) in [5, 5.41) is 0. The van der Waals surface area contributed by atoms with Crippen LogP contribution in [0.2, 0.25) is 0 Å². The summed E-state index contributed by atoms with van der Waals surface area (Å²) in [6.45, 7) is 6.92. The predicted octanol–water partition coefficient (Wildman–Crippen LogP) is 7.04. The highest BCUT2D eigenvalue weighted by molar-refractivity contribution is 5.32. The molecule has 2 fully saturated rings. The molecule has 0 saturated heterocycles. The Morgan fingerprint density at radius 1 is 0.727 bits per heavy atom. The topological polar surface area (TPSA) is 0 Å². The molecule has 2 saturated carbocycles. The highest BCUT2D eigenvalue weighted by Crippen LogP contribution is 2.43. The van der Waals surface area contributed by atoms with Crippen molar-refractivity contribution in [1.29, 1.82) is 0 Å². The zero-order chi connectivity index (χ0) is 14.8. The number of rotatable bonds is 2. The van der Waals surface area contributed by atoms with Gasteiger partial charge in [0, 0.05) is 0 Å². The van der Waals surface area contributed by atoms with Crippen molar-refractivity contribution < 1.29 is 0 Å². The molecular weight excluding hydrogens is 264 g/mol. The summed E-state index contributed by atoms with van der Waals surface area (Å²) in [4.78, 5) is 0. The molecule has 0 atom stereocenters. The van der Waals surface area contributed by atoms with Crippen molar-refractivity contribution in [1.82, 2.24) is 0 Å². The van der Waals surface area contributed by atoms with Gasteiger partial charge in [-0.3, -0.25) is 0 Å². The molecule has 22 heavy (non-hydrogen) atoms. The number of hydrogen-bond donors (Lipinski definition) is 0. The van der Waals surface area contributed by atoms with Crippen LogP contribution >= 0.6 is 0 Å². The van der Waals surface area contributed by atoms with Crippen LogP contribution in [0.3, 0.4) is 0 Å². The smallest absolute Gasteiger partial charge is 0.0162 e. The second kappa shape index (κ2) is 7.66. The molecule has 0 heteroatoms. The molecule has 124 valence electrons. The average Bonchev–Trinajstić information content (AvgIpc) is 2.51. The summed E-state index contributed by atoms with van der Waals surface area (Å²) in [6.07, 6.45) is 11.8. The van der Waals surface area contributed by atoms with Gasteiger partial charge in [0.25, 0.3) is 0 Å². The lowest BCUT2D eigenvalue weighted by Crippen LogP contribution is -2.24. The van der Waals surface area contributed by atoms with Gasteiger partial charge in [-0.15, -0.1) is 0 Å². The van der Waals surface area contributed by atoms with Crippen molar-refractivity contribution in [3.63, 3.8) is 0 Å². The Morgan fingerprint density at radius 2 is 1.27 bits per heavy atom. The minimum Gasteiger partial charge on any atom is -0.0776 e. The highest BCUT2D eigenvalue weighted by atomic mass is 14.4. The number of aryl methyl sites for hydroxylation is 2. The summed E-state index contributed by atoms with van der Waals surface area (Å²) >= 11 is 0. The Morgan fingerprint density at radius 3 is 1.82 bits per heavy atom. The zero-order valence-electron chi connectivity index (χ0n) is 14.2. The fourth-order valence-electron chi connectivity index (χ4n) is 4.70. The van der Waals surface area contributed by atoms with Crippen LogP contribution in [-0.2, 0) is 0 Å². The summed E-state index contributed by atoms with van der Waals surface area (Å²) in [7, 11) is 0. The predicted molar refractivity (Wildman–Crippen MR) is 98.5 cm³/mol. The fraction of sp³-hybridized carbons (Fsp3) is 0.727. The first-order valence-electron chi connectivity index (χ1n) is 9.20. The zero-order valence-corrected chi connectivity index (χ0v) is 14.2. The molecule has 0 nitrogen and oxygen atoms in total. The first kappa shape index (κ1) is 17.6. The summed E-state index contributed by atoms with van der Waals surface area (Å²) < 4.78 is 0. The van der Waals surface area contributed by atoms with E-state index in [1.54, 1.807) is 5.56 Å². The van der Waals surface area contributed by atoms with Crippen LogP contribution in [0.5, 0.6) is 0 Å². The average molecular weight is 301 g/mol. The van der Waals surface area contributed by atoms with Gasteiger partial charge in [-0.05, 0) is 92.7 Å². The van der Waals surface area contributed by atoms with E-state index in [1.807, 2.05) is 0 Å². The van der Waals surface area contributed by atoms with Crippen LogP contribution in [0.15, 0.2) is 18.2 Å². The molecule has 0 N–H and O–H groups in total. The summed E-state index contributed by atoms with van der Waals surface area (Å²) in [5.74, 6) is 3.93. The van der Waals surface area contributed by atoms with Gasteiger partial charge in [-0.25, -0.2) is 0 Å². The van der Waals surface area contributed by atoms with Gasteiger partial charge in [0.2, 0.25) is 0 Å². The van der Waals surface area contributed by atoms with Crippen molar-refractivity contribution >= 4 is 0 Å². The molecule has 0 bridgehead atoms. The molecule has 2 aliphatic rings. The summed E-state index contributed by atoms with van der Waals surface area (Å²) in [6, 6.07) is 7.15. The maximum atomic E-state index is 2.45. The SMILES string of the molecule is C.Cc1ccc(C2CCC(C3CCC(C)CC3)CC2)cc1C. The van der Waals surface area contributed by atoms with Crippen LogP contribution < -0.4 is 0 Å². The maximum absolute atomic E-state index is 2.45. The molecule has 0 heterocycles. The normalized spacial score (nSPS) is 32.3. The Labute approximate surface area is 138 Å². The Kier molecular flexibility index (Phi) is 6.12. The lowest BCUT2D eigenvalue weighted by molar-refractivity contribution is 0.165. The highest BCUT2D eigenvalue weighted by Gasteiger charge is 2.30. The second-order valence-electron chi connectivity index (χ2n) is 7.98. The molecule has 2 aliphatic carbocycles. The molecule has 0 aliphatic heterocycles. The minimum absolute atomic E-state index is 0. The van der Waals surface area contributed by atoms with Gasteiger partial charge in [0.1, 0.15) is 0 Å². The first-order valence-corrected chi connectivity index (χ1v) is 9.20. The third-order valence-corrected chi connectivity index (χ3v) is 6.50. The van der Waals surface area contributed by atoms with E-state index in [0.717, 1.165) is 23.7 Å². The van der Waals surface area contributed by atoms with Gasteiger partial charge >= 0.3 is 0 Å². The second-order valence-corrected chi connectivity index (χ2v) is 7.98. The van der Waals surface area contributed by atoms with Crippen LogP contribution in [0, 0.1) is 31.6 Å². The fourth-order valence-corrected chi connectivity index (χ4v) is 4.70. The minimum atomic E-state index is 0. The van der Waals surface area contributed by atoms with E-state index < -0.39 is 0 Å². The molecule has 0 spiro atoms. The Bertz CT molecular complexity index is 457. The van der Waals surface area contributed by atoms with E-state index in [9.17, 15) is 0 Å². The molecule has 1 aromatic rings. The van der Waals surface area contributed by atoms with Crippen molar-refractivity contribution in [3.8, 4) is 0 Å². The van der Waals surface area contributed by atoms with E-state index in [-0.39, 0.29) is 7.43 Å². The van der Waals surface area contributed by atoms with E-state index in [0.29, 0.717) is 0 Å². The van der Waals surface area contributed by atoms with Crippen LogP contribution in [-0.4, -0.2) is 0 Å². The molecule has 0 radical (unpaired) electrons. The summed E-state index contributed by atoms with van der Waals surface area (Å²) in [5.41, 5.74) is 4.51. The van der Waals surface area contributed by atoms with Crippen molar-refractivity contribution in [2.45, 2.75) is 85.5 Å². The quantitative estimate of drug-likeness (QED) is 0.549. The van der Waals surface area contributed by atoms with Gasteiger partial charge in [0.05, 0.1) is 0 Å². The standard InChI is InChI=1S/C21H32.CH4/c1-15-4-7-18(8-5-15)19-10-12-20(13-11-19)21-9-6-16(2)17(3)14-21;/h6,9,14-15,18-20H,4-5,7-8,10-13H2,1-3H3;1H4. The van der Waals surface area contributed by atoms with Crippen molar-refractivity contribution in [2.75, 3.05) is 0 Å². The number of hydrogen-bond acceptors (Lipinski definition) is 0. The third-order valence-electron chi connectivity index (χ3n) is 6.50. The first-order chi connectivity index (χ1) is 10.1. The maximum Gasteiger partial charge on any atom is -0.0162 e.